The molecule has 1 aliphatic rings. The van der Waals surface area contributed by atoms with E-state index in [-0.39, 0.29) is 5.65 Å². The largest absolute Gasteiger partial charge is 0.231 e. The Bertz CT molecular complexity index is 519. The molecule has 0 spiro atoms. The first-order valence-electron chi connectivity index (χ1n) is 4.92. The highest BCUT2D eigenvalue weighted by Crippen LogP contribution is 2.32. The number of nitrogens with zero attached hydrogens (tertiary/aromatic N) is 3. The number of fused-ring (bicyclic) bond motifs is 1. The van der Waals surface area contributed by atoms with Crippen molar-refractivity contribution in [3.05, 3.63) is 28.9 Å². The first kappa shape index (κ1) is 9.09. The van der Waals surface area contributed by atoms with E-state index in [0.29, 0.717) is 11.1 Å². The van der Waals surface area contributed by atoms with Gasteiger partial charge in [-0.1, -0.05) is 11.6 Å². The predicted octanol–water partition coefficient (Wildman–Crippen LogP) is 2.47. The molecule has 0 aromatic carbocycles. The molecule has 2 aromatic heterocycles. The first-order valence-corrected chi connectivity index (χ1v) is 5.30. The Hall–Kier alpha value is -1.16. The van der Waals surface area contributed by atoms with Crippen molar-refractivity contribution in [2.75, 3.05) is 0 Å². The lowest BCUT2D eigenvalue weighted by atomic mass is 10.2. The molecule has 0 aliphatic heterocycles. The zero-order valence-electron chi connectivity index (χ0n) is 7.95. The molecule has 0 N–H and O–H groups in total. The second-order valence-electron chi connectivity index (χ2n) is 3.95. The highest BCUT2D eigenvalue weighted by molar-refractivity contribution is 6.29. The van der Waals surface area contributed by atoms with Gasteiger partial charge in [-0.05, 0) is 31.2 Å². The Labute approximate surface area is 90.9 Å². The molecule has 15 heavy (non-hydrogen) atoms. The number of rotatable bonds is 2. The van der Waals surface area contributed by atoms with Crippen molar-refractivity contribution in [1.29, 1.82) is 0 Å². The zero-order chi connectivity index (χ0) is 10.4. The number of halogens is 2. The summed E-state index contributed by atoms with van der Waals surface area (Å²) in [5.41, 5.74) is 1.08. The normalized spacial score (nSPS) is 16.1. The molecule has 5 heteroatoms. The summed E-state index contributed by atoms with van der Waals surface area (Å²) in [5, 5.41) is 4.22. The Morgan fingerprint density at radius 3 is 3.07 bits per heavy atom. The highest BCUT2D eigenvalue weighted by atomic mass is 35.5. The van der Waals surface area contributed by atoms with Gasteiger partial charge in [-0.15, -0.1) is 0 Å². The molecule has 1 aliphatic carbocycles. The van der Waals surface area contributed by atoms with Crippen molar-refractivity contribution in [1.82, 2.24) is 14.6 Å². The summed E-state index contributed by atoms with van der Waals surface area (Å²) in [4.78, 5) is 4.22. The van der Waals surface area contributed by atoms with Gasteiger partial charge in [0.05, 0.1) is 6.20 Å². The Morgan fingerprint density at radius 2 is 2.33 bits per heavy atom. The van der Waals surface area contributed by atoms with Gasteiger partial charge in [-0.25, -0.2) is 13.9 Å². The van der Waals surface area contributed by atoms with Gasteiger partial charge >= 0.3 is 0 Å². The van der Waals surface area contributed by atoms with Gasteiger partial charge in [0.25, 0.3) is 0 Å². The van der Waals surface area contributed by atoms with Crippen LogP contribution in [0.3, 0.4) is 0 Å². The minimum atomic E-state index is -0.422. The van der Waals surface area contributed by atoms with Crippen molar-refractivity contribution in [2.45, 2.75) is 19.3 Å². The minimum absolute atomic E-state index is 0.221. The SMILES string of the molecule is Fc1cnn2c(Cl)cc(CC3CC3)nc12. The number of hydrogen-bond acceptors (Lipinski definition) is 2. The lowest BCUT2D eigenvalue weighted by molar-refractivity contribution is 0.634. The quantitative estimate of drug-likeness (QED) is 0.735. The monoisotopic (exact) mass is 225 g/mol. The van der Waals surface area contributed by atoms with Crippen LogP contribution >= 0.6 is 11.6 Å². The van der Waals surface area contributed by atoms with Crippen molar-refractivity contribution in [3.63, 3.8) is 0 Å². The van der Waals surface area contributed by atoms with Crippen LogP contribution in [0.15, 0.2) is 12.3 Å². The molecule has 2 aromatic rings. The average Bonchev–Trinajstić information content (AvgIpc) is 2.92. The maximum Gasteiger partial charge on any atom is 0.193 e. The zero-order valence-corrected chi connectivity index (χ0v) is 8.71. The van der Waals surface area contributed by atoms with Gasteiger partial charge in [0.15, 0.2) is 11.5 Å². The van der Waals surface area contributed by atoms with E-state index in [9.17, 15) is 4.39 Å². The fourth-order valence-electron chi connectivity index (χ4n) is 1.67. The molecule has 1 saturated carbocycles. The molecular formula is C10H9ClFN3. The molecule has 78 valence electrons. The first-order chi connectivity index (χ1) is 7.24. The maximum absolute atomic E-state index is 13.3. The van der Waals surface area contributed by atoms with Crippen molar-refractivity contribution in [2.24, 2.45) is 5.92 Å². The fraction of sp³-hybridized carbons (Fsp3) is 0.400. The standard InChI is InChI=1S/C10H9ClFN3/c11-9-4-7(3-6-1-2-6)14-10-8(12)5-13-15(9)10/h4-6H,1-3H2. The summed E-state index contributed by atoms with van der Waals surface area (Å²) in [6, 6.07) is 1.76. The number of hydrogen-bond donors (Lipinski definition) is 0. The fourth-order valence-corrected chi connectivity index (χ4v) is 1.92. The van der Waals surface area contributed by atoms with E-state index in [1.807, 2.05) is 0 Å². The number of aromatic nitrogens is 3. The van der Waals surface area contributed by atoms with Crippen LogP contribution in [0.2, 0.25) is 5.15 Å². The average molecular weight is 226 g/mol. The van der Waals surface area contributed by atoms with E-state index in [4.69, 9.17) is 11.6 Å². The van der Waals surface area contributed by atoms with Crippen molar-refractivity contribution < 1.29 is 4.39 Å². The second kappa shape index (κ2) is 3.17. The molecule has 0 radical (unpaired) electrons. The topological polar surface area (TPSA) is 30.2 Å². The van der Waals surface area contributed by atoms with E-state index in [1.165, 1.54) is 17.4 Å². The van der Waals surface area contributed by atoms with Crippen LogP contribution in [-0.4, -0.2) is 14.6 Å². The Kier molecular flexibility index (Phi) is 1.92. The Balaban J connectivity index is 2.11. The molecule has 0 saturated heterocycles. The molecule has 0 atom stereocenters. The molecular weight excluding hydrogens is 217 g/mol. The van der Waals surface area contributed by atoms with Crippen LogP contribution in [-0.2, 0) is 6.42 Å². The lowest BCUT2D eigenvalue weighted by Gasteiger charge is -2.01. The van der Waals surface area contributed by atoms with Crippen LogP contribution in [0.1, 0.15) is 18.5 Å². The van der Waals surface area contributed by atoms with E-state index >= 15 is 0 Å². The van der Waals surface area contributed by atoms with E-state index in [2.05, 4.69) is 10.1 Å². The molecule has 1 fully saturated rings. The van der Waals surface area contributed by atoms with Gasteiger partial charge < -0.3 is 0 Å². The van der Waals surface area contributed by atoms with Gasteiger partial charge in [-0.2, -0.15) is 5.10 Å². The summed E-state index contributed by atoms with van der Waals surface area (Å²) in [6.07, 6.45) is 4.51. The third-order valence-electron chi connectivity index (χ3n) is 2.63. The minimum Gasteiger partial charge on any atom is -0.231 e. The van der Waals surface area contributed by atoms with Crippen LogP contribution < -0.4 is 0 Å². The summed E-state index contributed by atoms with van der Waals surface area (Å²) < 4.78 is 14.6. The summed E-state index contributed by atoms with van der Waals surface area (Å²) in [7, 11) is 0. The van der Waals surface area contributed by atoms with Crippen molar-refractivity contribution >= 4 is 17.2 Å². The molecule has 2 heterocycles. The van der Waals surface area contributed by atoms with Crippen LogP contribution in [0, 0.1) is 11.7 Å². The third kappa shape index (κ3) is 1.59. The van der Waals surface area contributed by atoms with Gasteiger partial charge in [0.2, 0.25) is 0 Å². The Morgan fingerprint density at radius 1 is 1.53 bits per heavy atom. The van der Waals surface area contributed by atoms with E-state index < -0.39 is 5.82 Å². The summed E-state index contributed by atoms with van der Waals surface area (Å²) in [5.74, 6) is 0.288. The van der Waals surface area contributed by atoms with Crippen LogP contribution in [0.25, 0.3) is 5.65 Å². The van der Waals surface area contributed by atoms with E-state index in [1.54, 1.807) is 6.07 Å². The predicted molar refractivity (Wildman–Crippen MR) is 54.4 cm³/mol. The molecule has 0 bridgehead atoms. The smallest absolute Gasteiger partial charge is 0.193 e. The van der Waals surface area contributed by atoms with Crippen LogP contribution in [0.5, 0.6) is 0 Å². The van der Waals surface area contributed by atoms with Gasteiger partial charge in [-0.3, -0.25) is 0 Å². The summed E-state index contributed by atoms with van der Waals surface area (Å²) >= 11 is 5.97. The summed E-state index contributed by atoms with van der Waals surface area (Å²) in [6.45, 7) is 0. The highest BCUT2D eigenvalue weighted by Gasteiger charge is 2.23. The van der Waals surface area contributed by atoms with Crippen LogP contribution in [0.4, 0.5) is 4.39 Å². The lowest BCUT2D eigenvalue weighted by Crippen LogP contribution is -1.99. The van der Waals surface area contributed by atoms with E-state index in [0.717, 1.165) is 18.3 Å². The second-order valence-corrected chi connectivity index (χ2v) is 4.33. The molecule has 0 unspecified atom stereocenters. The third-order valence-corrected chi connectivity index (χ3v) is 2.90. The van der Waals surface area contributed by atoms with Gasteiger partial charge in [0.1, 0.15) is 5.15 Å². The molecule has 3 rings (SSSR count). The maximum atomic E-state index is 13.3. The van der Waals surface area contributed by atoms with Gasteiger partial charge in [0, 0.05) is 5.69 Å². The molecule has 3 nitrogen and oxygen atoms in total. The molecule has 0 amide bonds. The van der Waals surface area contributed by atoms with Crippen molar-refractivity contribution in [3.8, 4) is 0 Å².